The average Bonchev–Trinajstić information content (AvgIpc) is 2.81. The average molecular weight is 363 g/mol. The Hall–Kier alpha value is -2.34. The smallest absolute Gasteiger partial charge is 0.222 e. The van der Waals surface area contributed by atoms with Gasteiger partial charge in [-0.3, -0.25) is 9.48 Å². The van der Waals surface area contributed by atoms with Crippen molar-refractivity contribution >= 4 is 34.6 Å². The molecular formula is C18H20ClFN4O. The third-order valence-corrected chi connectivity index (χ3v) is 4.53. The number of nitrogens with one attached hydrogen (secondary N) is 1. The molecule has 1 amide bonds. The first kappa shape index (κ1) is 17.5. The van der Waals surface area contributed by atoms with Crippen molar-refractivity contribution in [2.45, 2.75) is 20.3 Å². The third kappa shape index (κ3) is 3.54. The Balaban J connectivity index is 1.88. The number of anilines is 2. The molecule has 5 nitrogen and oxygen atoms in total. The number of aromatic nitrogens is 2. The summed E-state index contributed by atoms with van der Waals surface area (Å²) in [6.07, 6.45) is 2.80. The molecule has 1 N–H and O–H groups in total. The van der Waals surface area contributed by atoms with Crippen LogP contribution < -0.4 is 10.2 Å². The second-order valence-electron chi connectivity index (χ2n) is 6.13. The van der Waals surface area contributed by atoms with Crippen molar-refractivity contribution < 1.29 is 9.18 Å². The first-order valence-electron chi connectivity index (χ1n) is 8.07. The summed E-state index contributed by atoms with van der Waals surface area (Å²) in [5, 5.41) is 7.65. The van der Waals surface area contributed by atoms with Crippen LogP contribution in [0.15, 0.2) is 24.3 Å². The molecule has 0 saturated heterocycles. The van der Waals surface area contributed by atoms with E-state index in [9.17, 15) is 9.18 Å². The molecule has 0 unspecified atom stereocenters. The van der Waals surface area contributed by atoms with Gasteiger partial charge < -0.3 is 10.2 Å². The van der Waals surface area contributed by atoms with Gasteiger partial charge in [0, 0.05) is 37.6 Å². The van der Waals surface area contributed by atoms with Crippen molar-refractivity contribution in [2.75, 3.05) is 23.3 Å². The first-order valence-corrected chi connectivity index (χ1v) is 8.45. The Morgan fingerprint density at radius 2 is 2.16 bits per heavy atom. The van der Waals surface area contributed by atoms with Gasteiger partial charge in [-0.25, -0.2) is 4.39 Å². The molecule has 2 heterocycles. The van der Waals surface area contributed by atoms with Crippen molar-refractivity contribution in [3.63, 3.8) is 0 Å². The van der Waals surface area contributed by atoms with Gasteiger partial charge in [0.15, 0.2) is 0 Å². The van der Waals surface area contributed by atoms with Crippen molar-refractivity contribution in [3.8, 4) is 0 Å². The van der Waals surface area contributed by atoms with Crippen LogP contribution in [0, 0.1) is 12.7 Å². The molecule has 0 radical (unpaired) electrons. The lowest BCUT2D eigenvalue weighted by atomic mass is 9.98. The van der Waals surface area contributed by atoms with Crippen molar-refractivity contribution in [1.82, 2.24) is 9.78 Å². The van der Waals surface area contributed by atoms with Crippen LogP contribution in [0.3, 0.4) is 0 Å². The lowest BCUT2D eigenvalue weighted by molar-refractivity contribution is -0.114. The van der Waals surface area contributed by atoms with E-state index in [1.807, 2.05) is 11.8 Å². The van der Waals surface area contributed by atoms with Gasteiger partial charge in [0.05, 0.1) is 11.4 Å². The summed E-state index contributed by atoms with van der Waals surface area (Å²) >= 11 is 5.82. The molecule has 3 rings (SSSR count). The number of hydrogen-bond donors (Lipinski definition) is 1. The van der Waals surface area contributed by atoms with Crippen molar-refractivity contribution in [1.29, 1.82) is 0 Å². The van der Waals surface area contributed by atoms with E-state index in [1.165, 1.54) is 13.0 Å². The number of amides is 1. The Labute approximate surface area is 151 Å². The van der Waals surface area contributed by atoms with Crippen LogP contribution in [0.25, 0.3) is 5.57 Å². The minimum Gasteiger partial charge on any atom is -0.365 e. The summed E-state index contributed by atoms with van der Waals surface area (Å²) in [5.74, 6) is 0.244. The van der Waals surface area contributed by atoms with E-state index in [-0.39, 0.29) is 11.7 Å². The summed E-state index contributed by atoms with van der Waals surface area (Å²) in [4.78, 5) is 13.5. The predicted octanol–water partition coefficient (Wildman–Crippen LogP) is 3.77. The van der Waals surface area contributed by atoms with Crippen molar-refractivity contribution in [2.24, 2.45) is 7.05 Å². The first-order chi connectivity index (χ1) is 11.9. The SMILES string of the molecule is CC(=O)Nc1c(C2=CCN(c3ccc(Cl)cc3F)CC2)c(C)nn1C. The summed E-state index contributed by atoms with van der Waals surface area (Å²) in [6.45, 7) is 4.67. The Bertz CT molecular complexity index is 859. The highest BCUT2D eigenvalue weighted by atomic mass is 35.5. The number of carbonyl (C=O) groups is 1. The maximum absolute atomic E-state index is 14.1. The van der Waals surface area contributed by atoms with Crippen LogP contribution >= 0.6 is 11.6 Å². The standard InChI is InChI=1S/C18H20ClFN4O/c1-11-17(18(21-12(2)25)23(3)22-11)13-6-8-24(9-7-13)16-5-4-14(19)10-15(16)20/h4-6,10H,7-9H2,1-3H3,(H,21,25). The second kappa shape index (κ2) is 6.88. The normalized spacial score (nSPS) is 14.4. The van der Waals surface area contributed by atoms with E-state index in [2.05, 4.69) is 16.5 Å². The Kier molecular flexibility index (Phi) is 4.81. The van der Waals surface area contributed by atoms with Gasteiger partial charge in [-0.2, -0.15) is 5.10 Å². The van der Waals surface area contributed by atoms with Gasteiger partial charge in [-0.05, 0) is 37.1 Å². The van der Waals surface area contributed by atoms with Gasteiger partial charge in [-0.1, -0.05) is 17.7 Å². The van der Waals surface area contributed by atoms with Crippen molar-refractivity contribution in [3.05, 3.63) is 46.4 Å². The lowest BCUT2D eigenvalue weighted by Gasteiger charge is -2.29. The number of nitrogens with zero attached hydrogens (tertiary/aromatic N) is 3. The van der Waals surface area contributed by atoms with Crippen LogP contribution in [0.2, 0.25) is 5.02 Å². The molecule has 1 aromatic carbocycles. The fourth-order valence-electron chi connectivity index (χ4n) is 3.21. The molecule has 25 heavy (non-hydrogen) atoms. The maximum Gasteiger partial charge on any atom is 0.222 e. The molecule has 1 aromatic heterocycles. The van der Waals surface area contributed by atoms with E-state index in [4.69, 9.17) is 11.6 Å². The number of halogens is 2. The number of carbonyl (C=O) groups excluding carboxylic acids is 1. The minimum atomic E-state index is -0.319. The maximum atomic E-state index is 14.1. The zero-order valence-electron chi connectivity index (χ0n) is 14.4. The molecule has 1 aliphatic rings. The second-order valence-corrected chi connectivity index (χ2v) is 6.57. The monoisotopic (exact) mass is 362 g/mol. The van der Waals surface area contributed by atoms with Gasteiger partial charge in [-0.15, -0.1) is 0 Å². The van der Waals surface area contributed by atoms with Crippen LogP contribution in [0.1, 0.15) is 24.6 Å². The topological polar surface area (TPSA) is 50.2 Å². The molecular weight excluding hydrogens is 343 g/mol. The third-order valence-electron chi connectivity index (χ3n) is 4.30. The number of aryl methyl sites for hydroxylation is 2. The van der Waals surface area contributed by atoms with Crippen LogP contribution in [-0.2, 0) is 11.8 Å². The van der Waals surface area contributed by atoms with E-state index < -0.39 is 0 Å². The van der Waals surface area contributed by atoms with Crippen LogP contribution in [0.4, 0.5) is 15.9 Å². The number of hydrogen-bond acceptors (Lipinski definition) is 3. The summed E-state index contributed by atoms with van der Waals surface area (Å²) in [5.41, 5.74) is 3.47. The van der Waals surface area contributed by atoms with Crippen LogP contribution in [-0.4, -0.2) is 28.8 Å². The molecule has 0 aliphatic carbocycles. The molecule has 0 atom stereocenters. The molecule has 132 valence electrons. The predicted molar refractivity (Wildman–Crippen MR) is 98.5 cm³/mol. The molecule has 2 aromatic rings. The molecule has 0 saturated carbocycles. The van der Waals surface area contributed by atoms with E-state index in [1.54, 1.807) is 23.9 Å². The van der Waals surface area contributed by atoms with Gasteiger partial charge in [0.2, 0.25) is 5.91 Å². The molecule has 0 fully saturated rings. The van der Waals surface area contributed by atoms with Gasteiger partial charge in [0.1, 0.15) is 11.6 Å². The molecule has 7 heteroatoms. The van der Waals surface area contributed by atoms with E-state index in [0.717, 1.165) is 23.3 Å². The van der Waals surface area contributed by atoms with E-state index >= 15 is 0 Å². The van der Waals surface area contributed by atoms with E-state index in [0.29, 0.717) is 29.6 Å². The zero-order valence-corrected chi connectivity index (χ0v) is 15.2. The summed E-state index contributed by atoms with van der Waals surface area (Å²) < 4.78 is 15.8. The summed E-state index contributed by atoms with van der Waals surface area (Å²) in [7, 11) is 1.81. The quantitative estimate of drug-likeness (QED) is 0.904. The molecule has 1 aliphatic heterocycles. The highest BCUT2D eigenvalue weighted by Crippen LogP contribution is 2.33. The number of benzene rings is 1. The van der Waals surface area contributed by atoms with Gasteiger partial charge in [0.25, 0.3) is 0 Å². The van der Waals surface area contributed by atoms with Crippen LogP contribution in [0.5, 0.6) is 0 Å². The Morgan fingerprint density at radius 3 is 2.76 bits per heavy atom. The fraction of sp³-hybridized carbons (Fsp3) is 0.333. The van der Waals surface area contributed by atoms with Gasteiger partial charge >= 0.3 is 0 Å². The number of rotatable bonds is 3. The zero-order chi connectivity index (χ0) is 18.1. The molecule has 0 spiro atoms. The minimum absolute atomic E-state index is 0.134. The largest absolute Gasteiger partial charge is 0.365 e. The fourth-order valence-corrected chi connectivity index (χ4v) is 3.36. The lowest BCUT2D eigenvalue weighted by Crippen LogP contribution is -2.29. The highest BCUT2D eigenvalue weighted by molar-refractivity contribution is 6.30. The molecule has 0 bridgehead atoms. The Morgan fingerprint density at radius 1 is 1.40 bits per heavy atom. The summed E-state index contributed by atoms with van der Waals surface area (Å²) in [6, 6.07) is 4.73. The highest BCUT2D eigenvalue weighted by Gasteiger charge is 2.22.